The SMILES string of the molecule is CNS(=O)(=O)Oc1cc(O)c2c(c1)CC[C@@H]1[C@@H]2CC[C@]2(C)CC[C@@H]3C[C@]312. The number of phenolic OH excluding ortho intramolecular Hbond substituents is 1. The van der Waals surface area contributed by atoms with Crippen molar-refractivity contribution >= 4 is 10.3 Å². The predicted octanol–water partition coefficient (Wildman–Crippen LogP) is 3.48. The van der Waals surface area contributed by atoms with Crippen LogP contribution in [-0.4, -0.2) is 20.6 Å². The summed E-state index contributed by atoms with van der Waals surface area (Å²) in [4.78, 5) is 0. The highest BCUT2D eigenvalue weighted by Gasteiger charge is 2.73. The lowest BCUT2D eigenvalue weighted by Crippen LogP contribution is -2.43. The van der Waals surface area contributed by atoms with Gasteiger partial charge in [0.2, 0.25) is 0 Å². The molecule has 0 saturated heterocycles. The molecule has 0 bridgehead atoms. The Balaban J connectivity index is 1.52. The number of fused-ring (bicyclic) bond motifs is 3. The molecule has 2 N–H and O–H groups in total. The maximum atomic E-state index is 11.7. The van der Waals surface area contributed by atoms with Crippen LogP contribution >= 0.6 is 0 Å². The van der Waals surface area contributed by atoms with E-state index in [1.165, 1.54) is 38.8 Å². The zero-order valence-electron chi connectivity index (χ0n) is 15.4. The first kappa shape index (κ1) is 16.9. The third kappa shape index (κ3) is 2.09. The van der Waals surface area contributed by atoms with Gasteiger partial charge in [0.05, 0.1) is 0 Å². The van der Waals surface area contributed by atoms with Gasteiger partial charge in [-0.15, -0.1) is 0 Å². The number of benzene rings is 1. The van der Waals surface area contributed by atoms with E-state index in [1.807, 2.05) is 6.07 Å². The van der Waals surface area contributed by atoms with E-state index in [0.717, 1.165) is 36.3 Å². The van der Waals surface area contributed by atoms with Gasteiger partial charge in [-0.1, -0.05) is 6.92 Å². The molecule has 0 aliphatic heterocycles. The predicted molar refractivity (Wildman–Crippen MR) is 98.4 cm³/mol. The summed E-state index contributed by atoms with van der Waals surface area (Å²) in [5, 5.41) is 10.8. The van der Waals surface area contributed by atoms with Crippen LogP contribution in [-0.2, 0) is 16.7 Å². The molecule has 4 aliphatic rings. The van der Waals surface area contributed by atoms with Crippen LogP contribution in [0.5, 0.6) is 11.5 Å². The van der Waals surface area contributed by atoms with E-state index < -0.39 is 10.3 Å². The van der Waals surface area contributed by atoms with E-state index in [0.29, 0.717) is 22.7 Å². The van der Waals surface area contributed by atoms with Crippen LogP contribution in [0, 0.1) is 22.7 Å². The Bertz CT molecular complexity index is 882. The summed E-state index contributed by atoms with van der Waals surface area (Å²) < 4.78 is 30.5. The summed E-state index contributed by atoms with van der Waals surface area (Å²) in [5.41, 5.74) is 3.12. The number of phenols is 1. The van der Waals surface area contributed by atoms with Crippen LogP contribution in [0.4, 0.5) is 0 Å². The Morgan fingerprint density at radius 2 is 2.00 bits per heavy atom. The molecule has 0 heterocycles. The Morgan fingerprint density at radius 3 is 2.73 bits per heavy atom. The molecular formula is C20H27NO4S. The van der Waals surface area contributed by atoms with Gasteiger partial charge in [-0.25, -0.2) is 0 Å². The van der Waals surface area contributed by atoms with Gasteiger partial charge in [0, 0.05) is 18.7 Å². The molecule has 0 amide bonds. The molecule has 1 spiro atoms. The van der Waals surface area contributed by atoms with Gasteiger partial charge in [-0.05, 0) is 85.2 Å². The fourth-order valence-electron chi connectivity index (χ4n) is 7.10. The lowest BCUT2D eigenvalue weighted by molar-refractivity contribution is 0.0199. The second kappa shape index (κ2) is 5.16. The smallest absolute Gasteiger partial charge is 0.382 e. The van der Waals surface area contributed by atoms with Crippen molar-refractivity contribution in [3.8, 4) is 11.5 Å². The lowest BCUT2D eigenvalue weighted by Gasteiger charge is -2.51. The minimum atomic E-state index is -3.82. The molecule has 5 atom stereocenters. The van der Waals surface area contributed by atoms with Crippen molar-refractivity contribution < 1.29 is 17.7 Å². The summed E-state index contributed by atoms with van der Waals surface area (Å²) in [6.45, 7) is 2.51. The highest BCUT2D eigenvalue weighted by molar-refractivity contribution is 7.85. The third-order valence-corrected chi connectivity index (χ3v) is 9.16. The van der Waals surface area contributed by atoms with E-state index in [2.05, 4.69) is 11.6 Å². The first-order valence-electron chi connectivity index (χ1n) is 9.78. The molecule has 0 unspecified atom stereocenters. The maximum Gasteiger partial charge on any atom is 0.382 e. The molecule has 26 heavy (non-hydrogen) atoms. The number of hydrogen-bond acceptors (Lipinski definition) is 4. The fraction of sp³-hybridized carbons (Fsp3) is 0.700. The molecule has 4 aliphatic carbocycles. The number of aromatic hydroxyl groups is 1. The maximum absolute atomic E-state index is 11.7. The van der Waals surface area contributed by atoms with Gasteiger partial charge in [-0.3, -0.25) is 0 Å². The van der Waals surface area contributed by atoms with Crippen LogP contribution < -0.4 is 8.91 Å². The number of hydrogen-bond donors (Lipinski definition) is 2. The van der Waals surface area contributed by atoms with E-state index in [9.17, 15) is 13.5 Å². The monoisotopic (exact) mass is 377 g/mol. The fourth-order valence-corrected chi connectivity index (χ4v) is 7.53. The van der Waals surface area contributed by atoms with Crippen molar-refractivity contribution in [1.29, 1.82) is 0 Å². The van der Waals surface area contributed by atoms with Gasteiger partial charge < -0.3 is 9.29 Å². The minimum absolute atomic E-state index is 0.193. The molecule has 5 nitrogen and oxygen atoms in total. The Hall–Kier alpha value is -1.27. The Kier molecular flexibility index (Phi) is 3.35. The first-order chi connectivity index (χ1) is 12.3. The number of nitrogens with one attached hydrogen (secondary N) is 1. The molecular weight excluding hydrogens is 350 g/mol. The zero-order valence-corrected chi connectivity index (χ0v) is 16.2. The molecule has 142 valence electrons. The van der Waals surface area contributed by atoms with Gasteiger partial charge in [0.1, 0.15) is 11.5 Å². The molecule has 1 aromatic carbocycles. The first-order valence-corrected chi connectivity index (χ1v) is 11.2. The number of aryl methyl sites for hydroxylation is 1. The van der Waals surface area contributed by atoms with Gasteiger partial charge in [-0.2, -0.15) is 13.1 Å². The van der Waals surface area contributed by atoms with Crippen LogP contribution in [0.15, 0.2) is 12.1 Å². The van der Waals surface area contributed by atoms with E-state index in [4.69, 9.17) is 4.18 Å². The zero-order chi connectivity index (χ0) is 18.3. The van der Waals surface area contributed by atoms with Crippen molar-refractivity contribution in [2.24, 2.45) is 22.7 Å². The van der Waals surface area contributed by atoms with Gasteiger partial charge >= 0.3 is 10.3 Å². The van der Waals surface area contributed by atoms with E-state index in [1.54, 1.807) is 0 Å². The Labute approximate surface area is 155 Å². The van der Waals surface area contributed by atoms with Crippen LogP contribution in [0.1, 0.15) is 62.5 Å². The Morgan fingerprint density at radius 1 is 1.23 bits per heavy atom. The van der Waals surface area contributed by atoms with Crippen molar-refractivity contribution in [2.45, 2.75) is 57.8 Å². The topological polar surface area (TPSA) is 75.6 Å². The highest BCUT2D eigenvalue weighted by Crippen LogP contribution is 2.81. The minimum Gasteiger partial charge on any atom is -0.508 e. The molecule has 3 saturated carbocycles. The average Bonchev–Trinajstić information content (AvgIpc) is 3.25. The van der Waals surface area contributed by atoms with Gasteiger partial charge in [0.25, 0.3) is 0 Å². The third-order valence-electron chi connectivity index (χ3n) is 8.24. The summed E-state index contributed by atoms with van der Waals surface area (Å²) in [7, 11) is -2.51. The van der Waals surface area contributed by atoms with Crippen LogP contribution in [0.2, 0.25) is 0 Å². The average molecular weight is 378 g/mol. The van der Waals surface area contributed by atoms with Crippen molar-refractivity contribution in [2.75, 3.05) is 7.05 Å². The molecule has 6 heteroatoms. The summed E-state index contributed by atoms with van der Waals surface area (Å²) in [5.74, 6) is 2.36. The lowest BCUT2D eigenvalue weighted by atomic mass is 9.53. The van der Waals surface area contributed by atoms with E-state index >= 15 is 0 Å². The quantitative estimate of drug-likeness (QED) is 0.846. The molecule has 3 fully saturated rings. The summed E-state index contributed by atoms with van der Waals surface area (Å²) >= 11 is 0. The largest absolute Gasteiger partial charge is 0.508 e. The summed E-state index contributed by atoms with van der Waals surface area (Å²) in [6, 6.07) is 3.28. The standard InChI is InChI=1S/C20H27NO4S/c1-19-7-5-13-11-20(13,19)16-4-3-12-9-14(25-26(23,24)21-2)10-17(22)18(12)15(16)6-8-19/h9-10,13,15-16,21-22H,3-8,11H2,1-2H3/t13-,15+,16-,19+,20+/m1/s1. The molecule has 0 radical (unpaired) electrons. The second-order valence-corrected chi connectivity index (χ2v) is 10.6. The second-order valence-electron chi connectivity index (χ2n) is 9.09. The molecule has 1 aromatic rings. The number of rotatable bonds is 3. The summed E-state index contributed by atoms with van der Waals surface area (Å²) in [6.07, 6.45) is 8.54. The normalized spacial score (nSPS) is 40.2. The van der Waals surface area contributed by atoms with Crippen LogP contribution in [0.25, 0.3) is 0 Å². The van der Waals surface area contributed by atoms with Crippen molar-refractivity contribution in [1.82, 2.24) is 4.72 Å². The highest BCUT2D eigenvalue weighted by atomic mass is 32.2. The molecule has 5 rings (SSSR count). The van der Waals surface area contributed by atoms with Crippen LogP contribution in [0.3, 0.4) is 0 Å². The van der Waals surface area contributed by atoms with Gasteiger partial charge in [0.15, 0.2) is 0 Å². The molecule has 0 aromatic heterocycles. The van der Waals surface area contributed by atoms with Crippen molar-refractivity contribution in [3.63, 3.8) is 0 Å². The van der Waals surface area contributed by atoms with Crippen molar-refractivity contribution in [3.05, 3.63) is 23.3 Å². The van der Waals surface area contributed by atoms with E-state index in [-0.39, 0.29) is 11.5 Å².